The van der Waals surface area contributed by atoms with Crippen molar-refractivity contribution in [2.45, 2.75) is 20.4 Å². The minimum Gasteiger partial charge on any atom is -0.479 e. The van der Waals surface area contributed by atoms with Crippen molar-refractivity contribution >= 4 is 22.3 Å². The van der Waals surface area contributed by atoms with Gasteiger partial charge in [-0.2, -0.15) is 5.10 Å². The molecule has 27 heavy (non-hydrogen) atoms. The van der Waals surface area contributed by atoms with Crippen LogP contribution >= 0.6 is 11.3 Å². The van der Waals surface area contributed by atoms with Crippen LogP contribution in [0.5, 0.6) is 5.88 Å². The van der Waals surface area contributed by atoms with E-state index in [2.05, 4.69) is 25.4 Å². The molecular formula is C18H19N7OS. The Hall–Kier alpha value is -3.20. The van der Waals surface area contributed by atoms with Gasteiger partial charge in [-0.25, -0.2) is 19.6 Å². The molecule has 0 radical (unpaired) electrons. The van der Waals surface area contributed by atoms with Crippen LogP contribution in [-0.4, -0.2) is 36.4 Å². The molecule has 0 atom stereocenters. The van der Waals surface area contributed by atoms with Crippen molar-refractivity contribution < 1.29 is 4.74 Å². The largest absolute Gasteiger partial charge is 0.479 e. The topological polar surface area (TPSA) is 82.7 Å². The molecule has 4 aromatic rings. The van der Waals surface area contributed by atoms with Crippen LogP contribution in [0.15, 0.2) is 42.3 Å². The van der Waals surface area contributed by atoms with Crippen LogP contribution in [-0.2, 0) is 6.54 Å². The van der Waals surface area contributed by atoms with Crippen LogP contribution in [0.3, 0.4) is 0 Å². The molecule has 0 aliphatic heterocycles. The van der Waals surface area contributed by atoms with E-state index in [1.54, 1.807) is 19.6 Å². The lowest BCUT2D eigenvalue weighted by atomic mass is 10.2. The Bertz CT molecular complexity index is 1070. The molecule has 0 aliphatic carbocycles. The Kier molecular flexibility index (Phi) is 4.59. The fourth-order valence-electron chi connectivity index (χ4n) is 2.72. The maximum atomic E-state index is 5.48. The van der Waals surface area contributed by atoms with Crippen molar-refractivity contribution in [3.63, 3.8) is 0 Å². The molecule has 4 heterocycles. The summed E-state index contributed by atoms with van der Waals surface area (Å²) in [5.41, 5.74) is 3.31. The lowest BCUT2D eigenvalue weighted by molar-refractivity contribution is 0.396. The summed E-state index contributed by atoms with van der Waals surface area (Å²) in [7, 11) is 1.61. The van der Waals surface area contributed by atoms with E-state index in [0.717, 1.165) is 40.3 Å². The lowest BCUT2D eigenvalue weighted by Gasteiger charge is -2.09. The van der Waals surface area contributed by atoms with Crippen molar-refractivity contribution in [3.8, 4) is 23.0 Å². The molecule has 0 aromatic carbocycles. The molecule has 4 rings (SSSR count). The normalized spacial score (nSPS) is 10.9. The third-order valence-corrected chi connectivity index (χ3v) is 4.80. The predicted molar refractivity (Wildman–Crippen MR) is 105 cm³/mol. The highest BCUT2D eigenvalue weighted by atomic mass is 32.1. The molecule has 0 saturated heterocycles. The summed E-state index contributed by atoms with van der Waals surface area (Å²) in [5, 5.41) is 10.3. The van der Waals surface area contributed by atoms with Crippen molar-refractivity contribution in [2.24, 2.45) is 0 Å². The Labute approximate surface area is 160 Å². The first-order valence-electron chi connectivity index (χ1n) is 8.48. The molecule has 0 aliphatic rings. The first-order valence-corrected chi connectivity index (χ1v) is 9.36. The quantitative estimate of drug-likeness (QED) is 0.549. The number of ether oxygens (including phenoxy) is 1. The minimum absolute atomic E-state index is 0.525. The lowest BCUT2D eigenvalue weighted by Crippen LogP contribution is -2.02. The van der Waals surface area contributed by atoms with Crippen LogP contribution in [0.2, 0.25) is 0 Å². The standard InChI is InChI=1S/C18H19N7OS/c1-4-25-16(7-8-20-25)23-18-22-14(10-27-18)13-5-6-15(17(21-13)26-3)24-9-12(2)19-11-24/h5-11H,4H2,1-3H3,(H,22,23). The highest BCUT2D eigenvalue weighted by molar-refractivity contribution is 7.14. The molecule has 0 amide bonds. The third-order valence-electron chi connectivity index (χ3n) is 4.04. The molecule has 0 fully saturated rings. The van der Waals surface area contributed by atoms with E-state index in [9.17, 15) is 0 Å². The van der Waals surface area contributed by atoms with Gasteiger partial charge in [-0.3, -0.25) is 0 Å². The molecule has 8 nitrogen and oxygen atoms in total. The molecule has 4 aromatic heterocycles. The number of rotatable bonds is 6. The predicted octanol–water partition coefficient (Wildman–Crippen LogP) is 3.67. The van der Waals surface area contributed by atoms with E-state index in [1.165, 1.54) is 11.3 Å². The van der Waals surface area contributed by atoms with Gasteiger partial charge in [0.2, 0.25) is 5.88 Å². The number of imidazole rings is 1. The van der Waals surface area contributed by atoms with E-state index in [0.29, 0.717) is 5.88 Å². The first kappa shape index (κ1) is 17.2. The highest BCUT2D eigenvalue weighted by Gasteiger charge is 2.13. The van der Waals surface area contributed by atoms with Crippen LogP contribution < -0.4 is 10.1 Å². The van der Waals surface area contributed by atoms with Crippen LogP contribution in [0.25, 0.3) is 17.1 Å². The van der Waals surface area contributed by atoms with E-state index >= 15 is 0 Å². The van der Waals surface area contributed by atoms with Gasteiger partial charge in [-0.15, -0.1) is 11.3 Å². The number of aromatic nitrogens is 6. The van der Waals surface area contributed by atoms with Gasteiger partial charge in [0.15, 0.2) is 5.13 Å². The van der Waals surface area contributed by atoms with E-state index in [-0.39, 0.29) is 0 Å². The SMILES string of the molecule is CCn1nccc1Nc1nc(-c2ccc(-n3cnc(C)c3)c(OC)n2)cs1. The monoisotopic (exact) mass is 381 g/mol. The van der Waals surface area contributed by atoms with Crippen molar-refractivity contribution in [2.75, 3.05) is 12.4 Å². The summed E-state index contributed by atoms with van der Waals surface area (Å²) in [4.78, 5) is 13.5. The van der Waals surface area contributed by atoms with Gasteiger partial charge in [0.1, 0.15) is 17.2 Å². The summed E-state index contributed by atoms with van der Waals surface area (Å²) < 4.78 is 9.26. The number of methoxy groups -OCH3 is 1. The van der Waals surface area contributed by atoms with Gasteiger partial charge in [0.25, 0.3) is 0 Å². The van der Waals surface area contributed by atoms with Crippen LogP contribution in [0, 0.1) is 6.92 Å². The Morgan fingerprint density at radius 3 is 2.81 bits per heavy atom. The average Bonchev–Trinajstić information content (AvgIpc) is 3.42. The van der Waals surface area contributed by atoms with Gasteiger partial charge in [-0.05, 0) is 26.0 Å². The third kappa shape index (κ3) is 3.41. The fourth-order valence-corrected chi connectivity index (χ4v) is 3.44. The Balaban J connectivity index is 1.61. The van der Waals surface area contributed by atoms with Crippen molar-refractivity contribution in [3.05, 3.63) is 48.0 Å². The van der Waals surface area contributed by atoms with Gasteiger partial charge < -0.3 is 14.6 Å². The molecule has 1 N–H and O–H groups in total. The number of anilines is 2. The van der Waals surface area contributed by atoms with E-state index < -0.39 is 0 Å². The average molecular weight is 381 g/mol. The maximum absolute atomic E-state index is 5.48. The molecule has 0 saturated carbocycles. The summed E-state index contributed by atoms with van der Waals surface area (Å²) in [6.45, 7) is 4.78. The minimum atomic E-state index is 0.525. The number of nitrogens with zero attached hydrogens (tertiary/aromatic N) is 6. The summed E-state index contributed by atoms with van der Waals surface area (Å²) in [6.07, 6.45) is 5.44. The number of nitrogens with one attached hydrogen (secondary N) is 1. The maximum Gasteiger partial charge on any atom is 0.238 e. The van der Waals surface area contributed by atoms with Crippen molar-refractivity contribution in [1.29, 1.82) is 0 Å². The summed E-state index contributed by atoms with van der Waals surface area (Å²) in [6, 6.07) is 5.82. The molecular weight excluding hydrogens is 362 g/mol. The Morgan fingerprint density at radius 2 is 2.07 bits per heavy atom. The van der Waals surface area contributed by atoms with Gasteiger partial charge >= 0.3 is 0 Å². The van der Waals surface area contributed by atoms with E-state index in [4.69, 9.17) is 4.74 Å². The Morgan fingerprint density at radius 1 is 1.19 bits per heavy atom. The molecule has 138 valence electrons. The molecule has 0 unspecified atom stereocenters. The zero-order valence-corrected chi connectivity index (χ0v) is 16.1. The zero-order chi connectivity index (χ0) is 18.8. The van der Waals surface area contributed by atoms with Crippen LogP contribution in [0.4, 0.5) is 10.9 Å². The molecule has 0 spiro atoms. The van der Waals surface area contributed by atoms with Gasteiger partial charge in [0.05, 0.1) is 31.0 Å². The number of thiazole rings is 1. The molecule has 9 heteroatoms. The van der Waals surface area contributed by atoms with Crippen LogP contribution in [0.1, 0.15) is 12.6 Å². The second-order valence-corrected chi connectivity index (χ2v) is 6.70. The number of hydrogen-bond donors (Lipinski definition) is 1. The van der Waals surface area contributed by atoms with Gasteiger partial charge in [-0.1, -0.05) is 0 Å². The summed E-state index contributed by atoms with van der Waals surface area (Å²) >= 11 is 1.52. The number of aryl methyl sites for hydroxylation is 2. The second-order valence-electron chi connectivity index (χ2n) is 5.84. The first-order chi connectivity index (χ1) is 13.2. The highest BCUT2D eigenvalue weighted by Crippen LogP contribution is 2.29. The van der Waals surface area contributed by atoms with E-state index in [1.807, 2.05) is 52.9 Å². The molecule has 0 bridgehead atoms. The number of pyridine rings is 1. The smallest absolute Gasteiger partial charge is 0.238 e. The second kappa shape index (κ2) is 7.20. The summed E-state index contributed by atoms with van der Waals surface area (Å²) in [5.74, 6) is 1.44. The van der Waals surface area contributed by atoms with Crippen molar-refractivity contribution in [1.82, 2.24) is 29.3 Å². The number of hydrogen-bond acceptors (Lipinski definition) is 7. The fraction of sp³-hybridized carbons (Fsp3) is 0.222. The van der Waals surface area contributed by atoms with Gasteiger partial charge in [0, 0.05) is 24.2 Å². The zero-order valence-electron chi connectivity index (χ0n) is 15.2.